The molecule has 0 atom stereocenters. The topological polar surface area (TPSA) is 50.4 Å². The highest BCUT2D eigenvalue weighted by molar-refractivity contribution is 5.74. The van der Waals surface area contributed by atoms with E-state index in [1.54, 1.807) is 6.20 Å². The van der Waals surface area contributed by atoms with E-state index in [4.69, 9.17) is 4.74 Å². The van der Waals surface area contributed by atoms with Gasteiger partial charge in [0.05, 0.1) is 0 Å². The van der Waals surface area contributed by atoms with Crippen molar-refractivity contribution in [3.8, 4) is 0 Å². The third-order valence-corrected chi connectivity index (χ3v) is 1.75. The quantitative estimate of drug-likeness (QED) is 0.685. The molecule has 0 radical (unpaired) electrons. The summed E-state index contributed by atoms with van der Waals surface area (Å²) >= 11 is 0. The van der Waals surface area contributed by atoms with E-state index in [0.717, 1.165) is 13.0 Å². The van der Waals surface area contributed by atoms with Crippen LogP contribution in [-0.4, -0.2) is 25.8 Å². The first-order chi connectivity index (χ1) is 7.45. The van der Waals surface area contributed by atoms with Crippen molar-refractivity contribution in [2.75, 3.05) is 19.8 Å². The van der Waals surface area contributed by atoms with Crippen LogP contribution in [0.25, 0.3) is 0 Å². The Bertz CT molecular complexity index is 220. The van der Waals surface area contributed by atoms with E-state index in [1.165, 1.54) is 0 Å². The number of ether oxygens (including phenoxy) is 1. The van der Waals surface area contributed by atoms with E-state index in [0.29, 0.717) is 13.2 Å². The molecule has 0 fully saturated rings. The van der Waals surface area contributed by atoms with Gasteiger partial charge < -0.3 is 15.4 Å². The molecule has 0 aromatic heterocycles. The standard InChI is InChI=1S/C12H24N2O2/c1-5-16-10-6-8-13-11(15)14-9-7-12(2,3)4/h7,9H,5-6,8,10H2,1-4H3,(H2,13,14,15)/b9-7+. The summed E-state index contributed by atoms with van der Waals surface area (Å²) < 4.78 is 5.16. The van der Waals surface area contributed by atoms with E-state index in [2.05, 4.69) is 31.4 Å². The number of carbonyl (C=O) groups is 1. The first-order valence-corrected chi connectivity index (χ1v) is 5.75. The fourth-order valence-corrected chi connectivity index (χ4v) is 0.939. The molecule has 0 unspecified atom stereocenters. The molecule has 0 spiro atoms. The zero-order valence-corrected chi connectivity index (χ0v) is 10.8. The van der Waals surface area contributed by atoms with Gasteiger partial charge in [-0.2, -0.15) is 0 Å². The summed E-state index contributed by atoms with van der Waals surface area (Å²) in [6, 6.07) is -0.169. The molecule has 0 aliphatic heterocycles. The van der Waals surface area contributed by atoms with Gasteiger partial charge in [0.2, 0.25) is 0 Å². The largest absolute Gasteiger partial charge is 0.382 e. The average Bonchev–Trinajstić information content (AvgIpc) is 2.15. The van der Waals surface area contributed by atoms with Gasteiger partial charge in [0.1, 0.15) is 0 Å². The third-order valence-electron chi connectivity index (χ3n) is 1.75. The van der Waals surface area contributed by atoms with Crippen LogP contribution in [0.2, 0.25) is 0 Å². The van der Waals surface area contributed by atoms with Crippen LogP contribution in [0.15, 0.2) is 12.3 Å². The number of carbonyl (C=O) groups excluding carboxylic acids is 1. The Balaban J connectivity index is 3.49. The van der Waals surface area contributed by atoms with Crippen molar-refractivity contribution in [3.63, 3.8) is 0 Å². The fourth-order valence-electron chi connectivity index (χ4n) is 0.939. The molecule has 0 saturated heterocycles. The number of allylic oxidation sites excluding steroid dienone is 1. The van der Waals surface area contributed by atoms with Crippen LogP contribution in [-0.2, 0) is 4.74 Å². The van der Waals surface area contributed by atoms with E-state index in [-0.39, 0.29) is 11.4 Å². The summed E-state index contributed by atoms with van der Waals surface area (Å²) in [6.07, 6.45) is 4.47. The number of amides is 2. The number of urea groups is 1. The van der Waals surface area contributed by atoms with Crippen LogP contribution in [0.1, 0.15) is 34.1 Å². The molecule has 16 heavy (non-hydrogen) atoms. The van der Waals surface area contributed by atoms with E-state index < -0.39 is 0 Å². The van der Waals surface area contributed by atoms with Crippen molar-refractivity contribution in [3.05, 3.63) is 12.3 Å². The Kier molecular flexibility index (Phi) is 7.64. The van der Waals surface area contributed by atoms with E-state index in [9.17, 15) is 4.79 Å². The lowest BCUT2D eigenvalue weighted by molar-refractivity contribution is 0.145. The van der Waals surface area contributed by atoms with Gasteiger partial charge in [0.15, 0.2) is 0 Å². The van der Waals surface area contributed by atoms with Crippen LogP contribution >= 0.6 is 0 Å². The van der Waals surface area contributed by atoms with Crippen molar-refractivity contribution in [1.29, 1.82) is 0 Å². The van der Waals surface area contributed by atoms with Gasteiger partial charge in [-0.25, -0.2) is 4.79 Å². The number of nitrogens with one attached hydrogen (secondary N) is 2. The Hall–Kier alpha value is -1.03. The minimum Gasteiger partial charge on any atom is -0.382 e. The molecule has 4 nitrogen and oxygen atoms in total. The van der Waals surface area contributed by atoms with Gasteiger partial charge in [0, 0.05) is 26.0 Å². The molecule has 0 rings (SSSR count). The summed E-state index contributed by atoms with van der Waals surface area (Å²) in [4.78, 5) is 11.2. The van der Waals surface area contributed by atoms with E-state index in [1.807, 2.05) is 13.0 Å². The lowest BCUT2D eigenvalue weighted by Crippen LogP contribution is -2.33. The van der Waals surface area contributed by atoms with Crippen LogP contribution in [0.4, 0.5) is 4.79 Å². The maximum atomic E-state index is 11.2. The van der Waals surface area contributed by atoms with Gasteiger partial charge in [-0.05, 0) is 18.8 Å². The molecule has 0 aliphatic carbocycles. The summed E-state index contributed by atoms with van der Waals surface area (Å²) in [5.74, 6) is 0. The van der Waals surface area contributed by atoms with Gasteiger partial charge >= 0.3 is 6.03 Å². The SMILES string of the molecule is CCOCCCNC(=O)N/C=C/C(C)(C)C. The maximum absolute atomic E-state index is 11.2. The van der Waals surface area contributed by atoms with Crippen molar-refractivity contribution >= 4 is 6.03 Å². The molecular weight excluding hydrogens is 204 g/mol. The van der Waals surface area contributed by atoms with Crippen LogP contribution < -0.4 is 10.6 Å². The lowest BCUT2D eigenvalue weighted by Gasteiger charge is -2.11. The molecule has 0 aromatic carbocycles. The van der Waals surface area contributed by atoms with Crippen LogP contribution in [0.5, 0.6) is 0 Å². The molecule has 2 N–H and O–H groups in total. The third kappa shape index (κ3) is 11.0. The van der Waals surface area contributed by atoms with Gasteiger partial charge in [0.25, 0.3) is 0 Å². The lowest BCUT2D eigenvalue weighted by atomic mass is 9.97. The minimum absolute atomic E-state index is 0.0856. The Morgan fingerprint density at radius 3 is 2.62 bits per heavy atom. The zero-order valence-electron chi connectivity index (χ0n) is 10.8. The van der Waals surface area contributed by atoms with E-state index >= 15 is 0 Å². The predicted octanol–water partition coefficient (Wildman–Crippen LogP) is 2.27. The Morgan fingerprint density at radius 1 is 1.38 bits per heavy atom. The highest BCUT2D eigenvalue weighted by Gasteiger charge is 2.03. The molecular formula is C12H24N2O2. The van der Waals surface area contributed by atoms with Crippen molar-refractivity contribution < 1.29 is 9.53 Å². The molecule has 0 heterocycles. The molecule has 0 bridgehead atoms. The monoisotopic (exact) mass is 228 g/mol. The summed E-state index contributed by atoms with van der Waals surface area (Å²) in [5, 5.41) is 5.41. The van der Waals surface area contributed by atoms with Gasteiger partial charge in [-0.1, -0.05) is 26.8 Å². The second kappa shape index (κ2) is 8.16. The molecule has 94 valence electrons. The van der Waals surface area contributed by atoms with Crippen LogP contribution in [0.3, 0.4) is 0 Å². The van der Waals surface area contributed by atoms with Crippen molar-refractivity contribution in [2.24, 2.45) is 5.41 Å². The predicted molar refractivity (Wildman–Crippen MR) is 66.2 cm³/mol. The van der Waals surface area contributed by atoms with Gasteiger partial charge in [-0.3, -0.25) is 0 Å². The highest BCUT2D eigenvalue weighted by Crippen LogP contribution is 2.13. The normalized spacial score (nSPS) is 11.8. The second-order valence-corrected chi connectivity index (χ2v) is 4.65. The summed E-state index contributed by atoms with van der Waals surface area (Å²) in [7, 11) is 0. The highest BCUT2D eigenvalue weighted by atomic mass is 16.5. The van der Waals surface area contributed by atoms with Crippen molar-refractivity contribution in [1.82, 2.24) is 10.6 Å². The molecule has 0 aromatic rings. The Labute approximate surface area is 98.4 Å². The number of hydrogen-bond acceptors (Lipinski definition) is 2. The first-order valence-electron chi connectivity index (χ1n) is 5.75. The number of rotatable bonds is 6. The zero-order chi connectivity index (χ0) is 12.4. The fraction of sp³-hybridized carbons (Fsp3) is 0.750. The molecule has 0 aliphatic rings. The van der Waals surface area contributed by atoms with Gasteiger partial charge in [-0.15, -0.1) is 0 Å². The molecule has 2 amide bonds. The summed E-state index contributed by atoms with van der Waals surface area (Å²) in [5.41, 5.74) is 0.0856. The number of hydrogen-bond donors (Lipinski definition) is 2. The smallest absolute Gasteiger partial charge is 0.318 e. The second-order valence-electron chi connectivity index (χ2n) is 4.65. The molecule has 4 heteroatoms. The minimum atomic E-state index is -0.169. The van der Waals surface area contributed by atoms with Crippen molar-refractivity contribution in [2.45, 2.75) is 34.1 Å². The average molecular weight is 228 g/mol. The van der Waals surface area contributed by atoms with Crippen LogP contribution in [0, 0.1) is 5.41 Å². The molecule has 0 saturated carbocycles. The first kappa shape index (κ1) is 15.0. The Morgan fingerprint density at radius 2 is 2.06 bits per heavy atom. The summed E-state index contributed by atoms with van der Waals surface area (Å²) in [6.45, 7) is 10.2. The maximum Gasteiger partial charge on any atom is 0.318 e.